The molecule has 3 heteroatoms. The van der Waals surface area contributed by atoms with Gasteiger partial charge in [0, 0.05) is 17.9 Å². The van der Waals surface area contributed by atoms with Crippen LogP contribution in [-0.4, -0.2) is 12.6 Å². The Morgan fingerprint density at radius 3 is 3.06 bits per heavy atom. The second-order valence-corrected chi connectivity index (χ2v) is 4.20. The van der Waals surface area contributed by atoms with Crippen molar-refractivity contribution in [3.63, 3.8) is 0 Å². The molecule has 0 fully saturated rings. The zero-order chi connectivity index (χ0) is 11.5. The van der Waals surface area contributed by atoms with Crippen molar-refractivity contribution in [3.8, 4) is 6.07 Å². The smallest absolute Gasteiger partial charge is 0.116 e. The molecule has 1 aromatic rings. The first kappa shape index (κ1) is 10.8. The third-order valence-corrected chi connectivity index (χ3v) is 3.23. The molecule has 1 atom stereocenters. The second kappa shape index (κ2) is 4.44. The summed E-state index contributed by atoms with van der Waals surface area (Å²) in [5, 5.41) is 9.15. The van der Waals surface area contributed by atoms with E-state index in [0.29, 0.717) is 0 Å². The maximum atomic E-state index is 9.15. The van der Waals surface area contributed by atoms with E-state index in [-0.39, 0.29) is 6.04 Å². The molecule has 0 aliphatic carbocycles. The van der Waals surface area contributed by atoms with E-state index in [1.54, 1.807) is 0 Å². The molecule has 1 aliphatic rings. The van der Waals surface area contributed by atoms with Crippen molar-refractivity contribution in [2.45, 2.75) is 32.2 Å². The maximum Gasteiger partial charge on any atom is 0.116 e. The Morgan fingerprint density at radius 2 is 2.38 bits per heavy atom. The van der Waals surface area contributed by atoms with Crippen LogP contribution in [0.2, 0.25) is 0 Å². The van der Waals surface area contributed by atoms with Crippen LogP contribution in [0.15, 0.2) is 18.2 Å². The summed E-state index contributed by atoms with van der Waals surface area (Å²) in [6.45, 7) is 3.01. The summed E-state index contributed by atoms with van der Waals surface area (Å²) in [7, 11) is 0. The number of nitriles is 1. The van der Waals surface area contributed by atoms with Gasteiger partial charge >= 0.3 is 0 Å². The average Bonchev–Trinajstić information content (AvgIpc) is 2.32. The van der Waals surface area contributed by atoms with Gasteiger partial charge in [0.15, 0.2) is 0 Å². The summed E-state index contributed by atoms with van der Waals surface area (Å²) in [4.78, 5) is 2.19. The lowest BCUT2D eigenvalue weighted by atomic mass is 9.98. The Hall–Kier alpha value is -1.69. The molecule has 3 nitrogen and oxygen atoms in total. The van der Waals surface area contributed by atoms with Gasteiger partial charge in [-0.05, 0) is 37.0 Å². The lowest BCUT2D eigenvalue weighted by Gasteiger charge is -2.34. The predicted octanol–water partition coefficient (Wildman–Crippen LogP) is 2.32. The molecule has 1 aromatic carbocycles. The average molecular weight is 215 g/mol. The van der Waals surface area contributed by atoms with E-state index >= 15 is 0 Å². The summed E-state index contributed by atoms with van der Waals surface area (Å²) in [6.07, 6.45) is 2.96. The molecule has 0 amide bonds. The molecule has 1 aliphatic heterocycles. The van der Waals surface area contributed by atoms with Gasteiger partial charge in [0.2, 0.25) is 0 Å². The van der Waals surface area contributed by atoms with Crippen LogP contribution < -0.4 is 10.6 Å². The normalized spacial score (nSPS) is 16.4. The van der Waals surface area contributed by atoms with Crippen molar-refractivity contribution in [2.75, 3.05) is 17.2 Å². The predicted molar refractivity (Wildman–Crippen MR) is 66.2 cm³/mol. The molecular weight excluding hydrogens is 198 g/mol. The summed E-state index contributed by atoms with van der Waals surface area (Å²) in [5.74, 6) is 0. The number of nitrogen functional groups attached to an aromatic ring is 1. The van der Waals surface area contributed by atoms with Crippen molar-refractivity contribution >= 4 is 11.4 Å². The van der Waals surface area contributed by atoms with Gasteiger partial charge in [-0.1, -0.05) is 13.0 Å². The number of hydrogen-bond donors (Lipinski definition) is 1. The number of benzene rings is 1. The van der Waals surface area contributed by atoms with E-state index in [2.05, 4.69) is 24.0 Å². The molecule has 1 heterocycles. The van der Waals surface area contributed by atoms with Crippen LogP contribution in [0.4, 0.5) is 11.4 Å². The van der Waals surface area contributed by atoms with Gasteiger partial charge in [0.05, 0.1) is 6.07 Å². The molecule has 0 bridgehead atoms. The van der Waals surface area contributed by atoms with Gasteiger partial charge in [-0.25, -0.2) is 0 Å². The first-order valence-corrected chi connectivity index (χ1v) is 5.81. The molecule has 2 rings (SSSR count). The molecule has 0 spiro atoms. The van der Waals surface area contributed by atoms with E-state index in [1.807, 2.05) is 12.1 Å². The SMILES string of the molecule is CCC(C#N)N1CCCc2c(N)cccc21. The van der Waals surface area contributed by atoms with Crippen LogP contribution in [0.1, 0.15) is 25.3 Å². The Morgan fingerprint density at radius 1 is 1.56 bits per heavy atom. The molecule has 0 aromatic heterocycles. The van der Waals surface area contributed by atoms with E-state index in [9.17, 15) is 0 Å². The fourth-order valence-corrected chi connectivity index (χ4v) is 2.39. The Labute approximate surface area is 96.5 Å². The molecule has 0 saturated heterocycles. The van der Waals surface area contributed by atoms with Crippen LogP contribution in [0.3, 0.4) is 0 Å². The van der Waals surface area contributed by atoms with Gasteiger partial charge in [0.25, 0.3) is 0 Å². The lowest BCUT2D eigenvalue weighted by molar-refractivity contribution is 0.623. The highest BCUT2D eigenvalue weighted by Gasteiger charge is 2.23. The zero-order valence-electron chi connectivity index (χ0n) is 9.61. The number of fused-ring (bicyclic) bond motifs is 1. The molecule has 1 unspecified atom stereocenters. The highest BCUT2D eigenvalue weighted by molar-refractivity contribution is 5.67. The zero-order valence-corrected chi connectivity index (χ0v) is 9.61. The van der Waals surface area contributed by atoms with Crippen LogP contribution in [0, 0.1) is 11.3 Å². The highest BCUT2D eigenvalue weighted by atomic mass is 15.2. The maximum absolute atomic E-state index is 9.15. The number of nitrogens with two attached hydrogens (primary N) is 1. The monoisotopic (exact) mass is 215 g/mol. The molecule has 2 N–H and O–H groups in total. The summed E-state index contributed by atoms with van der Waals surface area (Å²) in [5.41, 5.74) is 9.20. The molecule has 0 radical (unpaired) electrons. The van der Waals surface area contributed by atoms with Crippen molar-refractivity contribution in [2.24, 2.45) is 0 Å². The van der Waals surface area contributed by atoms with Gasteiger partial charge < -0.3 is 10.6 Å². The third-order valence-electron chi connectivity index (χ3n) is 3.23. The first-order valence-electron chi connectivity index (χ1n) is 5.81. The number of anilines is 2. The van der Waals surface area contributed by atoms with E-state index in [1.165, 1.54) is 5.56 Å². The van der Waals surface area contributed by atoms with E-state index in [4.69, 9.17) is 11.0 Å². The quantitative estimate of drug-likeness (QED) is 0.770. The van der Waals surface area contributed by atoms with Crippen molar-refractivity contribution in [1.29, 1.82) is 5.26 Å². The second-order valence-electron chi connectivity index (χ2n) is 4.20. The molecular formula is C13H17N3. The van der Waals surface area contributed by atoms with Gasteiger partial charge in [-0.3, -0.25) is 0 Å². The fourth-order valence-electron chi connectivity index (χ4n) is 2.39. The standard InChI is InChI=1S/C13H17N3/c1-2-10(9-14)16-8-4-5-11-12(15)6-3-7-13(11)16/h3,6-7,10H,2,4-5,8,15H2,1H3. The van der Waals surface area contributed by atoms with Crippen molar-refractivity contribution < 1.29 is 0 Å². The lowest BCUT2D eigenvalue weighted by Crippen LogP contribution is -2.38. The molecule has 84 valence electrons. The summed E-state index contributed by atoms with van der Waals surface area (Å²) in [6, 6.07) is 8.32. The first-order chi connectivity index (χ1) is 7.77. The van der Waals surface area contributed by atoms with Crippen molar-refractivity contribution in [1.82, 2.24) is 0 Å². The largest absolute Gasteiger partial charge is 0.398 e. The highest BCUT2D eigenvalue weighted by Crippen LogP contribution is 2.32. The van der Waals surface area contributed by atoms with Gasteiger partial charge in [-0.2, -0.15) is 5.26 Å². The van der Waals surface area contributed by atoms with Crippen LogP contribution in [0.25, 0.3) is 0 Å². The molecule has 16 heavy (non-hydrogen) atoms. The topological polar surface area (TPSA) is 53.0 Å². The minimum atomic E-state index is -0.0270. The third kappa shape index (κ3) is 1.71. The molecule has 0 saturated carbocycles. The van der Waals surface area contributed by atoms with E-state index in [0.717, 1.165) is 37.2 Å². The number of hydrogen-bond acceptors (Lipinski definition) is 3. The fraction of sp³-hybridized carbons (Fsp3) is 0.462. The number of nitrogens with zero attached hydrogens (tertiary/aromatic N) is 2. The minimum absolute atomic E-state index is 0.0270. The summed E-state index contributed by atoms with van der Waals surface area (Å²) >= 11 is 0. The Kier molecular flexibility index (Phi) is 3.00. The van der Waals surface area contributed by atoms with E-state index < -0.39 is 0 Å². The summed E-state index contributed by atoms with van der Waals surface area (Å²) < 4.78 is 0. The Bertz CT molecular complexity index is 420. The Balaban J connectivity index is 2.41. The van der Waals surface area contributed by atoms with Crippen LogP contribution >= 0.6 is 0 Å². The van der Waals surface area contributed by atoms with Gasteiger partial charge in [0.1, 0.15) is 6.04 Å². The minimum Gasteiger partial charge on any atom is -0.398 e. The van der Waals surface area contributed by atoms with Crippen LogP contribution in [0.5, 0.6) is 0 Å². The van der Waals surface area contributed by atoms with Crippen LogP contribution in [-0.2, 0) is 6.42 Å². The number of rotatable bonds is 2. The van der Waals surface area contributed by atoms with Crippen molar-refractivity contribution in [3.05, 3.63) is 23.8 Å². The van der Waals surface area contributed by atoms with Gasteiger partial charge in [-0.15, -0.1) is 0 Å².